The quantitative estimate of drug-likeness (QED) is 0.812. The van der Waals surface area contributed by atoms with E-state index in [0.29, 0.717) is 5.56 Å². The van der Waals surface area contributed by atoms with Gasteiger partial charge in [-0.25, -0.2) is 4.39 Å². The van der Waals surface area contributed by atoms with Crippen molar-refractivity contribution in [2.75, 3.05) is 13.1 Å². The first-order valence-corrected chi connectivity index (χ1v) is 5.33. The Kier molecular flexibility index (Phi) is 4.59. The van der Waals surface area contributed by atoms with Crippen LogP contribution in [-0.2, 0) is 4.79 Å². The third-order valence-electron chi connectivity index (χ3n) is 2.38. The van der Waals surface area contributed by atoms with Gasteiger partial charge in [0.1, 0.15) is 12.4 Å². The van der Waals surface area contributed by atoms with Crippen LogP contribution in [0.2, 0.25) is 0 Å². The third-order valence-corrected chi connectivity index (χ3v) is 2.38. The van der Waals surface area contributed by atoms with Crippen LogP contribution in [0.4, 0.5) is 4.39 Å². The minimum atomic E-state index is -1.13. The lowest BCUT2D eigenvalue weighted by molar-refractivity contribution is -0.137. The molecule has 1 rings (SSSR count). The third kappa shape index (κ3) is 3.41. The molecular weight excluding hydrogens is 237 g/mol. The fourth-order valence-electron chi connectivity index (χ4n) is 1.45. The van der Waals surface area contributed by atoms with Gasteiger partial charge in [0.15, 0.2) is 0 Å². The lowest BCUT2D eigenvalue weighted by atomic mass is 10.1. The molecule has 96 valence electrons. The first-order chi connectivity index (χ1) is 8.45. The molecule has 0 aliphatic carbocycles. The summed E-state index contributed by atoms with van der Waals surface area (Å²) in [6.45, 7) is 4.69. The molecule has 0 unspecified atom stereocenters. The van der Waals surface area contributed by atoms with Gasteiger partial charge in [-0.05, 0) is 24.6 Å². The van der Waals surface area contributed by atoms with Crippen LogP contribution in [0, 0.1) is 12.7 Å². The number of nitrogens with zero attached hydrogens (tertiary/aromatic N) is 1. The van der Waals surface area contributed by atoms with E-state index in [9.17, 15) is 14.0 Å². The summed E-state index contributed by atoms with van der Waals surface area (Å²) in [5.74, 6) is -2.15. The Morgan fingerprint density at radius 2 is 2.17 bits per heavy atom. The molecule has 0 aromatic heterocycles. The molecule has 1 amide bonds. The van der Waals surface area contributed by atoms with Gasteiger partial charge < -0.3 is 10.0 Å². The smallest absolute Gasteiger partial charge is 0.323 e. The second-order valence-electron chi connectivity index (χ2n) is 3.83. The second-order valence-corrected chi connectivity index (χ2v) is 3.83. The number of benzene rings is 1. The van der Waals surface area contributed by atoms with Crippen molar-refractivity contribution in [3.05, 3.63) is 47.8 Å². The van der Waals surface area contributed by atoms with Gasteiger partial charge in [0.2, 0.25) is 0 Å². The molecule has 0 atom stereocenters. The highest BCUT2D eigenvalue weighted by Gasteiger charge is 2.18. The number of hydrogen-bond donors (Lipinski definition) is 1. The van der Waals surface area contributed by atoms with E-state index < -0.39 is 24.2 Å². The minimum absolute atomic E-state index is 0.0978. The summed E-state index contributed by atoms with van der Waals surface area (Å²) in [6, 6.07) is 4.06. The summed E-state index contributed by atoms with van der Waals surface area (Å²) < 4.78 is 13.3. The van der Waals surface area contributed by atoms with Crippen LogP contribution < -0.4 is 0 Å². The number of carboxylic acid groups (broad SMARTS) is 1. The number of halogens is 1. The van der Waals surface area contributed by atoms with Crippen LogP contribution in [0.15, 0.2) is 30.9 Å². The predicted octanol–water partition coefficient (Wildman–Crippen LogP) is 1.85. The normalized spacial score (nSPS) is 9.89. The topological polar surface area (TPSA) is 57.6 Å². The van der Waals surface area contributed by atoms with E-state index >= 15 is 0 Å². The van der Waals surface area contributed by atoms with Gasteiger partial charge in [-0.3, -0.25) is 9.59 Å². The summed E-state index contributed by atoms with van der Waals surface area (Å²) in [5.41, 5.74) is 0.557. The molecule has 0 spiro atoms. The fourth-order valence-corrected chi connectivity index (χ4v) is 1.45. The van der Waals surface area contributed by atoms with Gasteiger partial charge >= 0.3 is 5.97 Å². The van der Waals surface area contributed by atoms with Gasteiger partial charge in [0.05, 0.1) is 0 Å². The molecule has 1 aromatic carbocycles. The standard InChI is InChI=1S/C13H14FNO3/c1-3-6-15(8-12(16)17)13(18)10-5-4-9(2)11(14)7-10/h3-5,7H,1,6,8H2,2H3,(H,16,17). The SMILES string of the molecule is C=CCN(CC(=O)O)C(=O)c1ccc(C)c(F)c1. The zero-order valence-corrected chi connectivity index (χ0v) is 10.0. The van der Waals surface area contributed by atoms with Crippen molar-refractivity contribution in [1.82, 2.24) is 4.90 Å². The van der Waals surface area contributed by atoms with Crippen molar-refractivity contribution in [3.8, 4) is 0 Å². The largest absolute Gasteiger partial charge is 0.480 e. The zero-order valence-electron chi connectivity index (χ0n) is 10.0. The maximum absolute atomic E-state index is 13.3. The summed E-state index contributed by atoms with van der Waals surface area (Å²) in [4.78, 5) is 23.7. The highest BCUT2D eigenvalue weighted by atomic mass is 19.1. The van der Waals surface area contributed by atoms with E-state index in [1.165, 1.54) is 18.2 Å². The Balaban J connectivity index is 2.97. The molecule has 0 saturated heterocycles. The van der Waals surface area contributed by atoms with Crippen molar-refractivity contribution in [3.63, 3.8) is 0 Å². The molecular formula is C13H14FNO3. The number of amides is 1. The Labute approximate surface area is 104 Å². The summed E-state index contributed by atoms with van der Waals surface area (Å²) in [7, 11) is 0. The maximum atomic E-state index is 13.3. The molecule has 1 N–H and O–H groups in total. The molecule has 0 radical (unpaired) electrons. The van der Waals surface area contributed by atoms with E-state index in [0.717, 1.165) is 11.0 Å². The molecule has 0 heterocycles. The van der Waals surface area contributed by atoms with Crippen LogP contribution in [0.25, 0.3) is 0 Å². The van der Waals surface area contributed by atoms with E-state index in [1.807, 2.05) is 0 Å². The van der Waals surface area contributed by atoms with Crippen molar-refractivity contribution in [2.24, 2.45) is 0 Å². The molecule has 5 heteroatoms. The molecule has 0 saturated carbocycles. The minimum Gasteiger partial charge on any atom is -0.480 e. The fraction of sp³-hybridized carbons (Fsp3) is 0.231. The Morgan fingerprint density at radius 3 is 2.67 bits per heavy atom. The van der Waals surface area contributed by atoms with Crippen LogP contribution in [-0.4, -0.2) is 35.0 Å². The van der Waals surface area contributed by atoms with Gasteiger partial charge in [0.25, 0.3) is 5.91 Å². The average Bonchev–Trinajstić information content (AvgIpc) is 2.31. The van der Waals surface area contributed by atoms with Crippen LogP contribution in [0.5, 0.6) is 0 Å². The predicted molar refractivity (Wildman–Crippen MR) is 64.9 cm³/mol. The molecule has 1 aromatic rings. The van der Waals surface area contributed by atoms with Gasteiger partial charge in [-0.1, -0.05) is 12.1 Å². The lowest BCUT2D eigenvalue weighted by Crippen LogP contribution is -2.35. The van der Waals surface area contributed by atoms with Gasteiger partial charge in [-0.2, -0.15) is 0 Å². The first-order valence-electron chi connectivity index (χ1n) is 5.33. The number of carbonyl (C=O) groups is 2. The van der Waals surface area contributed by atoms with Crippen molar-refractivity contribution >= 4 is 11.9 Å². The Morgan fingerprint density at radius 1 is 1.50 bits per heavy atom. The van der Waals surface area contributed by atoms with Gasteiger partial charge in [-0.15, -0.1) is 6.58 Å². The molecule has 4 nitrogen and oxygen atoms in total. The number of carboxylic acids is 1. The van der Waals surface area contributed by atoms with Crippen molar-refractivity contribution in [2.45, 2.75) is 6.92 Å². The van der Waals surface area contributed by atoms with E-state index in [2.05, 4.69) is 6.58 Å². The molecule has 0 aliphatic heterocycles. The summed E-state index contributed by atoms with van der Waals surface area (Å²) in [6.07, 6.45) is 1.42. The Bertz CT molecular complexity index is 485. The van der Waals surface area contributed by atoms with E-state index in [4.69, 9.17) is 5.11 Å². The average molecular weight is 251 g/mol. The molecule has 0 bridgehead atoms. The summed E-state index contributed by atoms with van der Waals surface area (Å²) >= 11 is 0. The lowest BCUT2D eigenvalue weighted by Gasteiger charge is -2.19. The molecule has 0 fully saturated rings. The Hall–Kier alpha value is -2.17. The highest BCUT2D eigenvalue weighted by molar-refractivity contribution is 5.96. The number of carbonyl (C=O) groups excluding carboxylic acids is 1. The van der Waals surface area contributed by atoms with Crippen molar-refractivity contribution < 1.29 is 19.1 Å². The second kappa shape index (κ2) is 5.95. The monoisotopic (exact) mass is 251 g/mol. The number of rotatable bonds is 5. The molecule has 18 heavy (non-hydrogen) atoms. The first kappa shape index (κ1) is 13.9. The molecule has 0 aliphatic rings. The maximum Gasteiger partial charge on any atom is 0.323 e. The number of aryl methyl sites for hydroxylation is 1. The number of hydrogen-bond acceptors (Lipinski definition) is 2. The van der Waals surface area contributed by atoms with Gasteiger partial charge in [0, 0.05) is 12.1 Å². The van der Waals surface area contributed by atoms with E-state index in [-0.39, 0.29) is 12.1 Å². The summed E-state index contributed by atoms with van der Waals surface area (Å²) in [5, 5.41) is 8.70. The van der Waals surface area contributed by atoms with Crippen molar-refractivity contribution in [1.29, 1.82) is 0 Å². The number of aliphatic carboxylic acids is 1. The van der Waals surface area contributed by atoms with Crippen LogP contribution in [0.1, 0.15) is 15.9 Å². The van der Waals surface area contributed by atoms with Crippen LogP contribution >= 0.6 is 0 Å². The highest BCUT2D eigenvalue weighted by Crippen LogP contribution is 2.11. The zero-order chi connectivity index (χ0) is 13.7. The van der Waals surface area contributed by atoms with Crippen LogP contribution in [0.3, 0.4) is 0 Å². The van der Waals surface area contributed by atoms with E-state index in [1.54, 1.807) is 6.92 Å².